The molecule has 25 heavy (non-hydrogen) atoms. The summed E-state index contributed by atoms with van der Waals surface area (Å²) in [5.74, 6) is 2.56. The third-order valence-electron chi connectivity index (χ3n) is 6.46. The molecule has 3 atom stereocenters. The van der Waals surface area contributed by atoms with Gasteiger partial charge in [0.1, 0.15) is 11.5 Å². The summed E-state index contributed by atoms with van der Waals surface area (Å²) < 4.78 is 5.94. The van der Waals surface area contributed by atoms with Crippen molar-refractivity contribution in [3.05, 3.63) is 64.7 Å². The van der Waals surface area contributed by atoms with E-state index in [4.69, 9.17) is 16.3 Å². The fourth-order valence-electron chi connectivity index (χ4n) is 4.98. The summed E-state index contributed by atoms with van der Waals surface area (Å²) in [4.78, 5) is 13.4. The predicted octanol–water partition coefficient (Wildman–Crippen LogP) is 5.14. The molecule has 0 radical (unpaired) electrons. The zero-order valence-electron chi connectivity index (χ0n) is 14.1. The van der Waals surface area contributed by atoms with Crippen LogP contribution in [0.2, 0.25) is 5.02 Å². The summed E-state index contributed by atoms with van der Waals surface area (Å²) in [5.41, 5.74) is 2.20. The minimum atomic E-state index is -0.247. The molecule has 0 aromatic heterocycles. The Kier molecular flexibility index (Phi) is 3.46. The number of benzene rings is 2. The Morgan fingerprint density at radius 2 is 1.80 bits per heavy atom. The lowest BCUT2D eigenvalue weighted by Gasteiger charge is -2.28. The van der Waals surface area contributed by atoms with Gasteiger partial charge in [0.05, 0.1) is 12.0 Å². The standard InChI is InChI=1S/C22H21ClO2/c23-17-7-5-16(6-8-17)22(9-10-22)21(24)14-11-15-13-25-20-4-2-1-3-18(20)19(15)12-14/h1-8,14-15,19H,9-13H2. The van der Waals surface area contributed by atoms with Gasteiger partial charge in [0.2, 0.25) is 0 Å². The first-order valence-electron chi connectivity index (χ1n) is 9.19. The Morgan fingerprint density at radius 1 is 1.04 bits per heavy atom. The smallest absolute Gasteiger partial charge is 0.146 e. The topological polar surface area (TPSA) is 26.3 Å². The second-order valence-corrected chi connectivity index (χ2v) is 8.27. The van der Waals surface area contributed by atoms with Gasteiger partial charge in [0.15, 0.2) is 0 Å². The molecule has 2 aliphatic carbocycles. The van der Waals surface area contributed by atoms with Crippen molar-refractivity contribution in [2.24, 2.45) is 11.8 Å². The van der Waals surface area contributed by atoms with E-state index in [1.807, 2.05) is 30.3 Å². The Hall–Kier alpha value is -1.80. The van der Waals surface area contributed by atoms with Crippen LogP contribution in [0.5, 0.6) is 5.75 Å². The number of ether oxygens (including phenoxy) is 1. The molecule has 1 heterocycles. The summed E-state index contributed by atoms with van der Waals surface area (Å²) in [5, 5.41) is 0.729. The molecule has 2 fully saturated rings. The number of hydrogen-bond donors (Lipinski definition) is 0. The first-order valence-corrected chi connectivity index (χ1v) is 9.57. The monoisotopic (exact) mass is 352 g/mol. The molecule has 0 spiro atoms. The van der Waals surface area contributed by atoms with Crippen molar-refractivity contribution in [2.75, 3.05) is 6.61 Å². The second-order valence-electron chi connectivity index (χ2n) is 7.84. The molecule has 0 bridgehead atoms. The zero-order chi connectivity index (χ0) is 17.0. The van der Waals surface area contributed by atoms with Crippen LogP contribution in [0.15, 0.2) is 48.5 Å². The molecule has 2 aromatic rings. The summed E-state index contributed by atoms with van der Waals surface area (Å²) in [7, 11) is 0. The first-order chi connectivity index (χ1) is 12.2. The summed E-state index contributed by atoms with van der Waals surface area (Å²) >= 11 is 6.02. The van der Waals surface area contributed by atoms with Gasteiger partial charge >= 0.3 is 0 Å². The number of Topliss-reactive ketones (excluding diaryl/α,β-unsaturated/α-hetero) is 1. The van der Waals surface area contributed by atoms with Crippen LogP contribution in [0.4, 0.5) is 0 Å². The Bertz CT molecular complexity index is 822. The number of fused-ring (bicyclic) bond motifs is 3. The number of ketones is 1. The fourth-order valence-corrected chi connectivity index (χ4v) is 5.11. The minimum absolute atomic E-state index is 0.155. The Labute approximate surface area is 153 Å². The molecule has 0 amide bonds. The number of carbonyl (C=O) groups is 1. The van der Waals surface area contributed by atoms with E-state index in [0.29, 0.717) is 17.6 Å². The van der Waals surface area contributed by atoms with Gasteiger partial charge in [-0.05, 0) is 60.9 Å². The van der Waals surface area contributed by atoms with E-state index in [1.165, 1.54) is 5.56 Å². The van der Waals surface area contributed by atoms with Crippen molar-refractivity contribution in [1.82, 2.24) is 0 Å². The average Bonchev–Trinajstić information content (AvgIpc) is 3.33. The van der Waals surface area contributed by atoms with Crippen LogP contribution in [0.3, 0.4) is 0 Å². The van der Waals surface area contributed by atoms with E-state index in [2.05, 4.69) is 18.2 Å². The lowest BCUT2D eigenvalue weighted by atomic mass is 9.83. The lowest BCUT2D eigenvalue weighted by molar-refractivity contribution is -0.125. The van der Waals surface area contributed by atoms with Crippen LogP contribution in [0, 0.1) is 11.8 Å². The maximum absolute atomic E-state index is 13.4. The molecular formula is C22H21ClO2. The van der Waals surface area contributed by atoms with Crippen molar-refractivity contribution < 1.29 is 9.53 Å². The third kappa shape index (κ3) is 2.42. The van der Waals surface area contributed by atoms with Crippen LogP contribution < -0.4 is 4.74 Å². The summed E-state index contributed by atoms with van der Waals surface area (Å²) in [6.07, 6.45) is 3.89. The maximum atomic E-state index is 13.4. The van der Waals surface area contributed by atoms with Crippen LogP contribution >= 0.6 is 11.6 Å². The van der Waals surface area contributed by atoms with Gasteiger partial charge in [-0.1, -0.05) is 41.9 Å². The second kappa shape index (κ2) is 5.60. The van der Waals surface area contributed by atoms with E-state index >= 15 is 0 Å². The van der Waals surface area contributed by atoms with Crippen LogP contribution in [-0.2, 0) is 10.2 Å². The van der Waals surface area contributed by atoms with Gasteiger partial charge in [-0.2, -0.15) is 0 Å². The molecular weight excluding hydrogens is 332 g/mol. The van der Waals surface area contributed by atoms with Gasteiger partial charge in [0.25, 0.3) is 0 Å². The van der Waals surface area contributed by atoms with Gasteiger partial charge < -0.3 is 4.74 Å². The largest absolute Gasteiger partial charge is 0.493 e. The fraction of sp³-hybridized carbons (Fsp3) is 0.409. The van der Waals surface area contributed by atoms with Gasteiger partial charge in [-0.3, -0.25) is 4.79 Å². The Balaban J connectivity index is 1.40. The molecule has 2 nitrogen and oxygen atoms in total. The Morgan fingerprint density at radius 3 is 2.56 bits per heavy atom. The van der Waals surface area contributed by atoms with Crippen molar-refractivity contribution in [1.29, 1.82) is 0 Å². The van der Waals surface area contributed by atoms with Crippen LogP contribution in [0.1, 0.15) is 42.7 Å². The molecule has 3 unspecified atom stereocenters. The van der Waals surface area contributed by atoms with Gasteiger partial charge in [0, 0.05) is 16.9 Å². The molecule has 128 valence electrons. The molecule has 2 aromatic carbocycles. The molecule has 1 aliphatic heterocycles. The highest BCUT2D eigenvalue weighted by molar-refractivity contribution is 6.30. The van der Waals surface area contributed by atoms with E-state index in [0.717, 1.165) is 48.6 Å². The highest BCUT2D eigenvalue weighted by Crippen LogP contribution is 2.56. The lowest BCUT2D eigenvalue weighted by Crippen LogP contribution is -2.27. The summed E-state index contributed by atoms with van der Waals surface area (Å²) in [6, 6.07) is 16.2. The first kappa shape index (κ1) is 15.5. The van der Waals surface area contributed by atoms with E-state index in [9.17, 15) is 4.79 Å². The minimum Gasteiger partial charge on any atom is -0.493 e. The molecule has 3 aliphatic rings. The number of carbonyl (C=O) groups excluding carboxylic acids is 1. The quantitative estimate of drug-likeness (QED) is 0.764. The summed E-state index contributed by atoms with van der Waals surface area (Å²) in [6.45, 7) is 0.749. The highest BCUT2D eigenvalue weighted by Gasteiger charge is 2.55. The van der Waals surface area contributed by atoms with E-state index in [-0.39, 0.29) is 11.3 Å². The van der Waals surface area contributed by atoms with Crippen molar-refractivity contribution in [3.63, 3.8) is 0 Å². The van der Waals surface area contributed by atoms with E-state index in [1.54, 1.807) is 0 Å². The maximum Gasteiger partial charge on any atom is 0.146 e. The molecule has 2 saturated carbocycles. The third-order valence-corrected chi connectivity index (χ3v) is 6.71. The average molecular weight is 353 g/mol. The number of rotatable bonds is 3. The van der Waals surface area contributed by atoms with Crippen LogP contribution in [-0.4, -0.2) is 12.4 Å². The van der Waals surface area contributed by atoms with Gasteiger partial charge in [-0.25, -0.2) is 0 Å². The van der Waals surface area contributed by atoms with Gasteiger partial charge in [-0.15, -0.1) is 0 Å². The number of halogens is 1. The highest BCUT2D eigenvalue weighted by atomic mass is 35.5. The van der Waals surface area contributed by atoms with Crippen molar-refractivity contribution in [3.8, 4) is 5.75 Å². The van der Waals surface area contributed by atoms with Crippen molar-refractivity contribution >= 4 is 17.4 Å². The number of para-hydroxylation sites is 1. The van der Waals surface area contributed by atoms with E-state index < -0.39 is 0 Å². The SMILES string of the molecule is O=C(C1CC2COc3ccccc3C2C1)C1(c2ccc(Cl)cc2)CC1. The molecule has 5 rings (SSSR count). The number of hydrogen-bond acceptors (Lipinski definition) is 2. The van der Waals surface area contributed by atoms with Crippen LogP contribution in [0.25, 0.3) is 0 Å². The normalized spacial score (nSPS) is 28.6. The molecule has 0 N–H and O–H groups in total. The molecule has 0 saturated heterocycles. The van der Waals surface area contributed by atoms with Crippen molar-refractivity contribution in [2.45, 2.75) is 37.0 Å². The molecule has 3 heteroatoms. The zero-order valence-corrected chi connectivity index (χ0v) is 14.8. The predicted molar refractivity (Wildman–Crippen MR) is 98.3 cm³/mol.